The summed E-state index contributed by atoms with van der Waals surface area (Å²) in [6.45, 7) is 0.485. The Morgan fingerprint density at radius 2 is 1.95 bits per heavy atom. The van der Waals surface area contributed by atoms with Crippen molar-refractivity contribution in [3.63, 3.8) is 0 Å². The Labute approximate surface area is 133 Å². The van der Waals surface area contributed by atoms with Crippen LogP contribution in [0.5, 0.6) is 0 Å². The van der Waals surface area contributed by atoms with Gasteiger partial charge in [0, 0.05) is 23.9 Å². The fourth-order valence-corrected chi connectivity index (χ4v) is 2.21. The fourth-order valence-electron chi connectivity index (χ4n) is 2.07. The number of nitrogens with zero attached hydrogens (tertiary/aromatic N) is 3. The van der Waals surface area contributed by atoms with Crippen molar-refractivity contribution in [3.8, 4) is 0 Å². The summed E-state index contributed by atoms with van der Waals surface area (Å²) in [4.78, 5) is 21.6. The fraction of sp³-hybridized carbons (Fsp3) is 0.188. The maximum Gasteiger partial charge on any atom is 0.222 e. The van der Waals surface area contributed by atoms with Gasteiger partial charge < -0.3 is 4.90 Å². The molecule has 22 heavy (non-hydrogen) atoms. The van der Waals surface area contributed by atoms with E-state index in [-0.39, 0.29) is 11.1 Å². The van der Waals surface area contributed by atoms with Gasteiger partial charge in [0.25, 0.3) is 0 Å². The van der Waals surface area contributed by atoms with Gasteiger partial charge in [-0.25, -0.2) is 14.4 Å². The third kappa shape index (κ3) is 3.96. The number of benzene rings is 1. The summed E-state index contributed by atoms with van der Waals surface area (Å²) in [6, 6.07) is 7.46. The molecule has 2 aromatic rings. The van der Waals surface area contributed by atoms with Crippen molar-refractivity contribution in [2.45, 2.75) is 0 Å². The highest BCUT2D eigenvalue weighted by Gasteiger charge is 2.14. The molecule has 0 spiro atoms. The topological polar surface area (TPSA) is 46.1 Å². The number of halogens is 2. The largest absolute Gasteiger partial charge is 0.305 e. The predicted octanol–water partition coefficient (Wildman–Crippen LogP) is 2.94. The molecule has 1 heterocycles. The van der Waals surface area contributed by atoms with Crippen molar-refractivity contribution in [1.82, 2.24) is 14.9 Å². The number of hydrogen-bond acceptors (Lipinski definition) is 4. The maximum absolute atomic E-state index is 13.1. The molecule has 0 N–H and O–H groups in total. The highest BCUT2D eigenvalue weighted by Crippen LogP contribution is 2.25. The van der Waals surface area contributed by atoms with Crippen LogP contribution in [0.3, 0.4) is 0 Å². The van der Waals surface area contributed by atoms with E-state index in [4.69, 9.17) is 11.6 Å². The molecule has 0 aliphatic rings. The van der Waals surface area contributed by atoms with Crippen LogP contribution < -0.4 is 0 Å². The number of likely N-dealkylation sites (N-methyl/N-ethyl adjacent to an activating group) is 1. The first-order chi connectivity index (χ1) is 10.5. The van der Waals surface area contributed by atoms with Gasteiger partial charge in [-0.2, -0.15) is 0 Å². The molecule has 114 valence electrons. The monoisotopic (exact) mass is 319 g/mol. The quantitative estimate of drug-likeness (QED) is 0.483. The van der Waals surface area contributed by atoms with Gasteiger partial charge in [0.1, 0.15) is 5.82 Å². The summed E-state index contributed by atoms with van der Waals surface area (Å²) < 4.78 is 13.1. The summed E-state index contributed by atoms with van der Waals surface area (Å²) in [5, 5.41) is 0.109. The molecule has 2 rings (SSSR count). The second-order valence-electron chi connectivity index (χ2n) is 4.97. The zero-order chi connectivity index (χ0) is 16.1. The van der Waals surface area contributed by atoms with Crippen molar-refractivity contribution in [2.24, 2.45) is 0 Å². The normalized spacial score (nSPS) is 12.2. The van der Waals surface area contributed by atoms with Crippen LogP contribution in [0.2, 0.25) is 5.28 Å². The summed E-state index contributed by atoms with van der Waals surface area (Å²) in [7, 11) is 3.77. The van der Waals surface area contributed by atoms with Crippen LogP contribution in [0.15, 0.2) is 36.5 Å². The molecule has 0 aliphatic heterocycles. The zero-order valence-corrected chi connectivity index (χ0v) is 13.0. The van der Waals surface area contributed by atoms with Crippen LogP contribution in [0.4, 0.5) is 4.39 Å². The molecule has 0 amide bonds. The lowest BCUT2D eigenvalue weighted by atomic mass is 9.98. The van der Waals surface area contributed by atoms with Gasteiger partial charge in [0.15, 0.2) is 6.29 Å². The molecule has 0 fully saturated rings. The Kier molecular flexibility index (Phi) is 5.35. The Morgan fingerprint density at radius 1 is 1.27 bits per heavy atom. The second-order valence-corrected chi connectivity index (χ2v) is 5.30. The van der Waals surface area contributed by atoms with Crippen molar-refractivity contribution >= 4 is 29.0 Å². The van der Waals surface area contributed by atoms with Crippen molar-refractivity contribution in [2.75, 3.05) is 20.6 Å². The molecule has 4 nitrogen and oxygen atoms in total. The molecular weight excluding hydrogens is 305 g/mol. The van der Waals surface area contributed by atoms with Crippen LogP contribution in [-0.2, 0) is 4.79 Å². The van der Waals surface area contributed by atoms with Crippen molar-refractivity contribution < 1.29 is 9.18 Å². The molecule has 0 radical (unpaired) electrons. The Hall–Kier alpha value is -2.11. The van der Waals surface area contributed by atoms with Crippen molar-refractivity contribution in [3.05, 3.63) is 58.9 Å². The molecule has 0 saturated heterocycles. The van der Waals surface area contributed by atoms with E-state index in [0.29, 0.717) is 28.9 Å². The van der Waals surface area contributed by atoms with E-state index in [0.717, 1.165) is 6.29 Å². The molecule has 0 unspecified atom stereocenters. The van der Waals surface area contributed by atoms with E-state index >= 15 is 0 Å². The second kappa shape index (κ2) is 7.24. The van der Waals surface area contributed by atoms with E-state index < -0.39 is 0 Å². The van der Waals surface area contributed by atoms with Crippen LogP contribution in [-0.4, -0.2) is 41.8 Å². The van der Waals surface area contributed by atoms with E-state index in [1.165, 1.54) is 18.3 Å². The van der Waals surface area contributed by atoms with Crippen LogP contribution in [0, 0.1) is 5.82 Å². The van der Waals surface area contributed by atoms with Gasteiger partial charge in [-0.3, -0.25) is 4.79 Å². The molecule has 0 aliphatic carbocycles. The minimum absolute atomic E-state index is 0.109. The average molecular weight is 320 g/mol. The average Bonchev–Trinajstić information content (AvgIpc) is 2.48. The lowest BCUT2D eigenvalue weighted by Crippen LogP contribution is -2.16. The summed E-state index contributed by atoms with van der Waals surface area (Å²) in [5.74, 6) is -0.353. The van der Waals surface area contributed by atoms with Gasteiger partial charge in [-0.1, -0.05) is 12.1 Å². The maximum atomic E-state index is 13.1. The highest BCUT2D eigenvalue weighted by molar-refractivity contribution is 6.28. The number of aldehydes is 1. The van der Waals surface area contributed by atoms with Gasteiger partial charge in [0.05, 0.1) is 5.69 Å². The van der Waals surface area contributed by atoms with E-state index in [1.807, 2.05) is 19.0 Å². The van der Waals surface area contributed by atoms with Gasteiger partial charge >= 0.3 is 0 Å². The van der Waals surface area contributed by atoms with Gasteiger partial charge in [0.2, 0.25) is 5.28 Å². The minimum Gasteiger partial charge on any atom is -0.305 e. The first kappa shape index (κ1) is 16.3. The first-order valence-electron chi connectivity index (χ1n) is 6.59. The lowest BCUT2D eigenvalue weighted by Gasteiger charge is -2.16. The number of aromatic nitrogens is 2. The van der Waals surface area contributed by atoms with E-state index in [2.05, 4.69) is 9.97 Å². The minimum atomic E-state index is -0.353. The Bertz CT molecular complexity index is 699. The Morgan fingerprint density at radius 3 is 2.50 bits per heavy atom. The molecule has 0 atom stereocenters. The number of allylic oxidation sites excluding steroid dienone is 1. The number of rotatable bonds is 5. The molecular formula is C16H15ClFN3O. The van der Waals surface area contributed by atoms with Crippen molar-refractivity contribution in [1.29, 1.82) is 0 Å². The van der Waals surface area contributed by atoms with Crippen LogP contribution >= 0.6 is 11.6 Å². The molecule has 0 bridgehead atoms. The number of carbonyl (C=O) groups is 1. The molecule has 1 aromatic heterocycles. The summed E-state index contributed by atoms with van der Waals surface area (Å²) >= 11 is 5.84. The lowest BCUT2D eigenvalue weighted by molar-refractivity contribution is -0.103. The highest BCUT2D eigenvalue weighted by atomic mass is 35.5. The third-order valence-corrected chi connectivity index (χ3v) is 3.19. The molecule has 1 aromatic carbocycles. The standard InChI is InChI=1S/C16H15ClFN3O/c1-21(2)9-13(15-7-8-19-16(17)20-15)14(10-22)11-3-5-12(18)6-4-11/h3-8,10H,9H2,1-2H3. The Balaban J connectivity index is 2.61. The zero-order valence-electron chi connectivity index (χ0n) is 12.3. The third-order valence-electron chi connectivity index (χ3n) is 3.01. The van der Waals surface area contributed by atoms with Gasteiger partial charge in [-0.15, -0.1) is 0 Å². The smallest absolute Gasteiger partial charge is 0.222 e. The predicted molar refractivity (Wildman–Crippen MR) is 84.9 cm³/mol. The summed E-state index contributed by atoms with van der Waals surface area (Å²) in [6.07, 6.45) is 2.29. The van der Waals surface area contributed by atoms with E-state index in [1.54, 1.807) is 18.2 Å². The number of carbonyl (C=O) groups excluding carboxylic acids is 1. The molecule has 0 saturated carbocycles. The number of hydrogen-bond donors (Lipinski definition) is 0. The molecule has 6 heteroatoms. The first-order valence-corrected chi connectivity index (χ1v) is 6.97. The summed E-state index contributed by atoms with van der Waals surface area (Å²) in [5.41, 5.74) is 2.35. The van der Waals surface area contributed by atoms with Crippen LogP contribution in [0.1, 0.15) is 11.3 Å². The van der Waals surface area contributed by atoms with E-state index in [9.17, 15) is 9.18 Å². The van der Waals surface area contributed by atoms with Crippen LogP contribution in [0.25, 0.3) is 11.1 Å². The SMILES string of the molecule is CN(C)CC(=C(C=O)c1ccc(F)cc1)c1ccnc(Cl)n1. The van der Waals surface area contributed by atoms with Gasteiger partial charge in [-0.05, 0) is 49.5 Å².